The minimum atomic E-state index is -1.16. The first-order valence-corrected chi connectivity index (χ1v) is 9.60. The molecule has 0 saturated heterocycles. The number of hydrogen-bond donors (Lipinski definition) is 5. The molecule has 0 bridgehead atoms. The van der Waals surface area contributed by atoms with Crippen molar-refractivity contribution in [3.63, 3.8) is 0 Å². The Hall–Kier alpha value is -2.04. The van der Waals surface area contributed by atoms with Crippen molar-refractivity contribution in [1.29, 1.82) is 0 Å². The number of nitrogens with one attached hydrogen (secondary N) is 2. The first-order chi connectivity index (χ1) is 12.6. The van der Waals surface area contributed by atoms with Gasteiger partial charge in [-0.15, -0.1) is 11.3 Å². The van der Waals surface area contributed by atoms with E-state index in [1.54, 1.807) is 0 Å². The lowest BCUT2D eigenvalue weighted by atomic mass is 9.99. The van der Waals surface area contributed by atoms with Crippen LogP contribution in [0.3, 0.4) is 0 Å². The second-order valence-electron chi connectivity index (χ2n) is 6.75. The fourth-order valence-corrected chi connectivity index (χ4v) is 3.25. The van der Waals surface area contributed by atoms with E-state index in [1.807, 2.05) is 27.7 Å². The van der Waals surface area contributed by atoms with Gasteiger partial charge in [-0.1, -0.05) is 34.1 Å². The zero-order chi connectivity index (χ0) is 20.7. The van der Waals surface area contributed by atoms with E-state index in [4.69, 9.17) is 10.8 Å². The van der Waals surface area contributed by atoms with Crippen molar-refractivity contribution in [2.75, 3.05) is 6.61 Å². The predicted molar refractivity (Wildman–Crippen MR) is 101 cm³/mol. The van der Waals surface area contributed by atoms with Gasteiger partial charge in [0.2, 0.25) is 11.8 Å². The Morgan fingerprint density at radius 1 is 1.22 bits per heavy atom. The summed E-state index contributed by atoms with van der Waals surface area (Å²) in [5, 5.41) is 24.2. The van der Waals surface area contributed by atoms with Gasteiger partial charge < -0.3 is 26.6 Å². The maximum Gasteiger partial charge on any atom is 0.347 e. The summed E-state index contributed by atoms with van der Waals surface area (Å²) in [5.41, 5.74) is 5.86. The highest BCUT2D eigenvalue weighted by Crippen LogP contribution is 2.26. The number of carbonyl (C=O) groups excluding carboxylic acids is 2. The number of aliphatic hydroxyl groups excluding tert-OH is 1. The van der Waals surface area contributed by atoms with Gasteiger partial charge in [0.05, 0.1) is 24.9 Å². The number of aromatic nitrogens is 1. The van der Waals surface area contributed by atoms with Gasteiger partial charge in [-0.05, 0) is 11.8 Å². The minimum absolute atomic E-state index is 0.0661. The number of amides is 2. The first-order valence-electron chi connectivity index (χ1n) is 8.78. The van der Waals surface area contributed by atoms with Crippen LogP contribution in [0.4, 0.5) is 0 Å². The Morgan fingerprint density at radius 3 is 2.30 bits per heavy atom. The summed E-state index contributed by atoms with van der Waals surface area (Å²) < 4.78 is 0. The molecule has 9 nitrogen and oxygen atoms in total. The number of thiazole rings is 1. The number of rotatable bonds is 10. The lowest BCUT2D eigenvalue weighted by Crippen LogP contribution is -2.55. The summed E-state index contributed by atoms with van der Waals surface area (Å²) in [6.07, 6.45) is 1.94. The molecular weight excluding hydrogens is 372 g/mol. The van der Waals surface area contributed by atoms with Crippen molar-refractivity contribution in [1.82, 2.24) is 15.6 Å². The molecule has 10 heteroatoms. The summed E-state index contributed by atoms with van der Waals surface area (Å²) in [6.45, 7) is 6.83. The van der Waals surface area contributed by atoms with Crippen LogP contribution >= 0.6 is 11.3 Å². The van der Waals surface area contributed by atoms with Gasteiger partial charge in [-0.25, -0.2) is 9.78 Å². The van der Waals surface area contributed by atoms with Crippen molar-refractivity contribution >= 4 is 29.1 Å². The number of nitrogens with zero attached hydrogens (tertiary/aromatic N) is 1. The third-order valence-corrected chi connectivity index (χ3v) is 5.41. The van der Waals surface area contributed by atoms with Crippen molar-refractivity contribution < 1.29 is 24.6 Å². The van der Waals surface area contributed by atoms with Gasteiger partial charge in [-0.3, -0.25) is 9.59 Å². The number of carboxylic acids is 1. The van der Waals surface area contributed by atoms with Crippen LogP contribution in [0.1, 0.15) is 54.8 Å². The van der Waals surface area contributed by atoms with Crippen LogP contribution in [0, 0.1) is 11.8 Å². The average Bonchev–Trinajstić information content (AvgIpc) is 3.11. The standard InChI is InChI=1S/C17H28N4O5S/c1-5-9(4)12(18)15(24)20-10(7-22)14(23)21-13(8(2)3)16-19-6-11(27-16)17(25)26/h6,8-10,12-13,22H,5,7,18H2,1-4H3,(H,20,24)(H,21,23)(H,25,26)/t9-,10-,12-,13+/m0/s1. The van der Waals surface area contributed by atoms with Gasteiger partial charge >= 0.3 is 5.97 Å². The molecule has 6 N–H and O–H groups in total. The quantitative estimate of drug-likeness (QED) is 0.383. The van der Waals surface area contributed by atoms with Crippen LogP contribution in [0.5, 0.6) is 0 Å². The van der Waals surface area contributed by atoms with Gasteiger partial charge in [0.1, 0.15) is 15.9 Å². The third-order valence-electron chi connectivity index (χ3n) is 4.34. The normalized spacial score (nSPS) is 15.7. The molecule has 0 aliphatic carbocycles. The van der Waals surface area contributed by atoms with Gasteiger partial charge in [-0.2, -0.15) is 0 Å². The number of carboxylic acid groups (broad SMARTS) is 1. The highest BCUT2D eigenvalue weighted by molar-refractivity contribution is 7.13. The molecule has 0 aliphatic heterocycles. The zero-order valence-corrected chi connectivity index (χ0v) is 16.7. The zero-order valence-electron chi connectivity index (χ0n) is 15.9. The summed E-state index contributed by atoms with van der Waals surface area (Å²) >= 11 is 0.969. The molecule has 2 amide bonds. The smallest absolute Gasteiger partial charge is 0.347 e. The molecular formula is C17H28N4O5S. The molecule has 1 rings (SSSR count). The monoisotopic (exact) mass is 400 g/mol. The van der Waals surface area contributed by atoms with Crippen LogP contribution in [0.25, 0.3) is 0 Å². The highest BCUT2D eigenvalue weighted by atomic mass is 32.1. The fraction of sp³-hybridized carbons (Fsp3) is 0.647. The van der Waals surface area contributed by atoms with Crippen LogP contribution in [0.15, 0.2) is 6.20 Å². The Balaban J connectivity index is 2.86. The molecule has 152 valence electrons. The third kappa shape index (κ3) is 6.26. The molecule has 1 heterocycles. The number of nitrogens with two attached hydrogens (primary N) is 1. The molecule has 0 aliphatic rings. The summed E-state index contributed by atoms with van der Waals surface area (Å²) in [7, 11) is 0. The molecule has 0 aromatic carbocycles. The number of carbonyl (C=O) groups is 3. The lowest BCUT2D eigenvalue weighted by molar-refractivity contribution is -0.131. The average molecular weight is 401 g/mol. The van der Waals surface area contributed by atoms with Crippen molar-refractivity contribution in [2.45, 2.75) is 52.2 Å². The van der Waals surface area contributed by atoms with Crippen LogP contribution in [-0.2, 0) is 9.59 Å². The van der Waals surface area contributed by atoms with Crippen LogP contribution in [0.2, 0.25) is 0 Å². The molecule has 0 radical (unpaired) electrons. The predicted octanol–water partition coefficient (Wildman–Crippen LogP) is 0.505. The molecule has 0 unspecified atom stereocenters. The molecule has 4 atom stereocenters. The van der Waals surface area contributed by atoms with Gasteiger partial charge in [0.25, 0.3) is 0 Å². The fourth-order valence-electron chi connectivity index (χ4n) is 2.27. The molecule has 0 fully saturated rings. The van der Waals surface area contributed by atoms with Crippen LogP contribution in [-0.4, -0.2) is 51.7 Å². The molecule has 27 heavy (non-hydrogen) atoms. The number of aromatic carboxylic acids is 1. The van der Waals surface area contributed by atoms with E-state index in [0.29, 0.717) is 11.4 Å². The maximum atomic E-state index is 12.5. The Labute approximate surface area is 162 Å². The van der Waals surface area contributed by atoms with Crippen molar-refractivity contribution in [2.24, 2.45) is 17.6 Å². The Kier molecular flexibility index (Phi) is 8.80. The first kappa shape index (κ1) is 23.0. The lowest BCUT2D eigenvalue weighted by Gasteiger charge is -2.25. The number of aliphatic hydroxyl groups is 1. The summed E-state index contributed by atoms with van der Waals surface area (Å²) in [4.78, 5) is 39.9. The molecule has 1 aromatic rings. The maximum absolute atomic E-state index is 12.5. The van der Waals surface area contributed by atoms with E-state index in [2.05, 4.69) is 15.6 Å². The molecule has 1 aromatic heterocycles. The largest absolute Gasteiger partial charge is 0.477 e. The van der Waals surface area contributed by atoms with Crippen molar-refractivity contribution in [3.05, 3.63) is 16.1 Å². The van der Waals surface area contributed by atoms with E-state index in [0.717, 1.165) is 11.3 Å². The van der Waals surface area contributed by atoms with E-state index in [-0.39, 0.29) is 16.7 Å². The topological polar surface area (TPSA) is 155 Å². The van der Waals surface area contributed by atoms with E-state index < -0.39 is 42.5 Å². The summed E-state index contributed by atoms with van der Waals surface area (Å²) in [6, 6.07) is -2.49. The van der Waals surface area contributed by atoms with Crippen LogP contribution < -0.4 is 16.4 Å². The van der Waals surface area contributed by atoms with Crippen molar-refractivity contribution in [3.8, 4) is 0 Å². The number of hydrogen-bond acceptors (Lipinski definition) is 7. The molecule has 0 spiro atoms. The summed E-state index contributed by atoms with van der Waals surface area (Å²) in [5.74, 6) is -2.35. The van der Waals surface area contributed by atoms with Gasteiger partial charge in [0, 0.05) is 0 Å². The van der Waals surface area contributed by atoms with E-state index in [1.165, 1.54) is 6.20 Å². The van der Waals surface area contributed by atoms with E-state index in [9.17, 15) is 19.5 Å². The molecule has 0 saturated carbocycles. The van der Waals surface area contributed by atoms with Gasteiger partial charge in [0.15, 0.2) is 0 Å². The minimum Gasteiger partial charge on any atom is -0.477 e. The second kappa shape index (κ2) is 10.3. The Bertz CT molecular complexity index is 664. The van der Waals surface area contributed by atoms with E-state index >= 15 is 0 Å². The second-order valence-corrected chi connectivity index (χ2v) is 7.82. The SMILES string of the molecule is CC[C@H](C)[C@H](N)C(=O)N[C@@H](CO)C(=O)N[C@@H](c1ncc(C(=O)O)s1)C(C)C. The highest BCUT2D eigenvalue weighted by Gasteiger charge is 2.29. The Morgan fingerprint density at radius 2 is 1.85 bits per heavy atom.